The third kappa shape index (κ3) is 4.07. The molecule has 0 bridgehead atoms. The largest absolute Gasteiger partial charge is 0.463 e. The summed E-state index contributed by atoms with van der Waals surface area (Å²) in [5, 5.41) is 2.01. The topological polar surface area (TPSA) is 60.7 Å². The predicted molar refractivity (Wildman–Crippen MR) is 128 cm³/mol. The number of carbonyl (C=O) groups excluding carboxylic acids is 1. The van der Waals surface area contributed by atoms with Crippen LogP contribution in [0.25, 0.3) is 6.08 Å². The monoisotopic (exact) mass is 470 g/mol. The summed E-state index contributed by atoms with van der Waals surface area (Å²) in [7, 11) is 0. The number of rotatable bonds is 5. The number of thioether (sulfide) groups is 1. The van der Waals surface area contributed by atoms with Crippen molar-refractivity contribution < 1.29 is 9.53 Å². The van der Waals surface area contributed by atoms with Gasteiger partial charge >= 0.3 is 5.97 Å². The fraction of sp³-hybridized carbons (Fsp3) is 0.261. The van der Waals surface area contributed by atoms with E-state index < -0.39 is 12.0 Å². The Hall–Kier alpha value is -2.42. The normalized spacial score (nSPS) is 16.3. The molecule has 3 aromatic rings. The first-order valence-electron chi connectivity index (χ1n) is 9.82. The molecule has 1 atom stereocenters. The molecule has 0 saturated heterocycles. The second kappa shape index (κ2) is 8.98. The summed E-state index contributed by atoms with van der Waals surface area (Å²) >= 11 is 4.59. The summed E-state index contributed by atoms with van der Waals surface area (Å²) in [6.45, 7) is 5.86. The maximum absolute atomic E-state index is 13.5. The highest BCUT2D eigenvalue weighted by atomic mass is 32.2. The maximum atomic E-state index is 13.5. The number of thiophene rings is 1. The Kier molecular flexibility index (Phi) is 6.31. The van der Waals surface area contributed by atoms with E-state index in [9.17, 15) is 9.59 Å². The summed E-state index contributed by atoms with van der Waals surface area (Å²) in [5.74, 6) is -0.439. The Bertz CT molecular complexity index is 1340. The molecule has 0 saturated carbocycles. The Morgan fingerprint density at radius 3 is 2.61 bits per heavy atom. The van der Waals surface area contributed by atoms with Crippen LogP contribution in [0.15, 0.2) is 61.7 Å². The van der Waals surface area contributed by atoms with Gasteiger partial charge in [-0.15, -0.1) is 23.1 Å². The number of ether oxygens (including phenoxy) is 1. The molecular weight excluding hydrogens is 448 g/mol. The number of fused-ring (bicyclic) bond motifs is 1. The number of allylic oxidation sites excluding steroid dienone is 1. The molecule has 1 aliphatic rings. The van der Waals surface area contributed by atoms with Crippen LogP contribution in [0.4, 0.5) is 0 Å². The fourth-order valence-corrected chi connectivity index (χ4v) is 5.91. The van der Waals surface area contributed by atoms with Crippen molar-refractivity contribution in [2.24, 2.45) is 4.99 Å². The Balaban J connectivity index is 1.96. The third-order valence-corrected chi connectivity index (χ3v) is 7.80. The molecule has 0 radical (unpaired) electrons. The quantitative estimate of drug-likeness (QED) is 0.419. The molecule has 31 heavy (non-hydrogen) atoms. The molecule has 1 aliphatic heterocycles. The molecule has 4 rings (SSSR count). The van der Waals surface area contributed by atoms with Crippen molar-refractivity contribution in [2.45, 2.75) is 31.7 Å². The molecule has 3 heterocycles. The van der Waals surface area contributed by atoms with E-state index in [1.165, 1.54) is 11.3 Å². The maximum Gasteiger partial charge on any atom is 0.338 e. The van der Waals surface area contributed by atoms with Gasteiger partial charge in [-0.25, -0.2) is 9.79 Å². The number of hydrogen-bond acceptors (Lipinski definition) is 7. The second-order valence-corrected chi connectivity index (χ2v) is 9.88. The highest BCUT2D eigenvalue weighted by Gasteiger charge is 2.33. The SMILES string of the molecule is CCOC(=O)C1=C(C)N=c2s/c(=C\c3sccc3C)c(=O)n2[C@H]1c1ccc(SC)cc1. The van der Waals surface area contributed by atoms with E-state index in [-0.39, 0.29) is 12.2 Å². The zero-order valence-electron chi connectivity index (χ0n) is 17.7. The highest BCUT2D eigenvalue weighted by molar-refractivity contribution is 7.98. The van der Waals surface area contributed by atoms with Crippen molar-refractivity contribution in [3.05, 3.63) is 82.7 Å². The zero-order chi connectivity index (χ0) is 22.1. The highest BCUT2D eigenvalue weighted by Crippen LogP contribution is 2.31. The van der Waals surface area contributed by atoms with Gasteiger partial charge in [-0.05, 0) is 67.8 Å². The minimum atomic E-state index is -0.571. The minimum Gasteiger partial charge on any atom is -0.463 e. The molecule has 160 valence electrons. The van der Waals surface area contributed by atoms with E-state index >= 15 is 0 Å². The van der Waals surface area contributed by atoms with Crippen molar-refractivity contribution in [1.82, 2.24) is 4.57 Å². The zero-order valence-corrected chi connectivity index (χ0v) is 20.1. The lowest BCUT2D eigenvalue weighted by Crippen LogP contribution is -2.39. The summed E-state index contributed by atoms with van der Waals surface area (Å²) < 4.78 is 7.57. The van der Waals surface area contributed by atoms with Gasteiger partial charge < -0.3 is 4.74 Å². The minimum absolute atomic E-state index is 0.148. The van der Waals surface area contributed by atoms with E-state index in [1.54, 1.807) is 41.5 Å². The van der Waals surface area contributed by atoms with E-state index in [1.807, 2.05) is 55.0 Å². The molecule has 8 heteroatoms. The summed E-state index contributed by atoms with van der Waals surface area (Å²) in [6, 6.07) is 9.40. The van der Waals surface area contributed by atoms with Crippen molar-refractivity contribution in [1.29, 1.82) is 0 Å². The molecule has 2 aromatic heterocycles. The molecule has 1 aromatic carbocycles. The fourth-order valence-electron chi connectivity index (χ4n) is 3.54. The number of thiazole rings is 1. The third-order valence-electron chi connectivity index (χ3n) is 5.11. The molecule has 0 aliphatic carbocycles. The molecule has 0 fully saturated rings. The smallest absolute Gasteiger partial charge is 0.338 e. The van der Waals surface area contributed by atoms with Crippen LogP contribution < -0.4 is 14.9 Å². The molecular formula is C23H22N2O3S3. The van der Waals surface area contributed by atoms with Crippen molar-refractivity contribution in [3.63, 3.8) is 0 Å². The van der Waals surface area contributed by atoms with Gasteiger partial charge in [0.05, 0.1) is 28.5 Å². The lowest BCUT2D eigenvalue weighted by molar-refractivity contribution is -0.139. The number of carbonyl (C=O) groups is 1. The van der Waals surface area contributed by atoms with E-state index in [0.29, 0.717) is 20.6 Å². The van der Waals surface area contributed by atoms with Crippen LogP contribution in [0.1, 0.15) is 35.9 Å². The van der Waals surface area contributed by atoms with Gasteiger partial charge in [-0.1, -0.05) is 23.5 Å². The average Bonchev–Trinajstić information content (AvgIpc) is 3.30. The van der Waals surface area contributed by atoms with Crippen LogP contribution in [0.2, 0.25) is 0 Å². The molecule has 0 spiro atoms. The predicted octanol–water partition coefficient (Wildman–Crippen LogP) is 3.89. The average molecular weight is 471 g/mol. The summed E-state index contributed by atoms with van der Waals surface area (Å²) in [5.41, 5.74) is 2.82. The molecule has 0 unspecified atom stereocenters. The van der Waals surface area contributed by atoms with Crippen molar-refractivity contribution in [3.8, 4) is 0 Å². The van der Waals surface area contributed by atoms with E-state index in [4.69, 9.17) is 4.74 Å². The number of nitrogens with zero attached hydrogens (tertiary/aromatic N) is 2. The first-order valence-corrected chi connectivity index (χ1v) is 12.7. The van der Waals surface area contributed by atoms with Crippen LogP contribution in [0.3, 0.4) is 0 Å². The Morgan fingerprint density at radius 2 is 2.00 bits per heavy atom. The van der Waals surface area contributed by atoms with Gasteiger partial charge in [0, 0.05) is 9.77 Å². The summed E-state index contributed by atoms with van der Waals surface area (Å²) in [4.78, 5) is 33.7. The first kappa shape index (κ1) is 21.8. The Morgan fingerprint density at radius 1 is 1.26 bits per heavy atom. The van der Waals surface area contributed by atoms with Crippen LogP contribution in [-0.4, -0.2) is 23.4 Å². The van der Waals surface area contributed by atoms with Crippen LogP contribution in [-0.2, 0) is 9.53 Å². The summed E-state index contributed by atoms with van der Waals surface area (Å²) in [6.07, 6.45) is 3.93. The van der Waals surface area contributed by atoms with Gasteiger partial charge in [0.25, 0.3) is 5.56 Å². The standard InChI is InChI=1S/C23H22N2O3S3/c1-5-28-22(27)19-14(3)24-23-25(20(19)15-6-8-16(29-4)9-7-15)21(26)18(31-23)12-17-13(2)10-11-30-17/h6-12,20H,5H2,1-4H3/b18-12-/t20-/m0/s1. The lowest BCUT2D eigenvalue weighted by atomic mass is 9.96. The molecule has 0 N–H and O–H groups in total. The van der Waals surface area contributed by atoms with Gasteiger partial charge in [0.1, 0.15) is 0 Å². The second-order valence-electron chi connectivity index (χ2n) is 7.04. The van der Waals surface area contributed by atoms with Crippen molar-refractivity contribution >= 4 is 46.5 Å². The van der Waals surface area contributed by atoms with Gasteiger partial charge in [0.15, 0.2) is 4.80 Å². The number of hydrogen-bond donors (Lipinski definition) is 0. The van der Waals surface area contributed by atoms with Gasteiger partial charge in [-0.2, -0.15) is 0 Å². The van der Waals surface area contributed by atoms with Crippen LogP contribution in [0, 0.1) is 6.92 Å². The number of aromatic nitrogens is 1. The number of aryl methyl sites for hydroxylation is 1. The Labute approximate surface area is 192 Å². The van der Waals surface area contributed by atoms with Crippen molar-refractivity contribution in [2.75, 3.05) is 12.9 Å². The van der Waals surface area contributed by atoms with Crippen LogP contribution >= 0.6 is 34.4 Å². The molecule has 5 nitrogen and oxygen atoms in total. The number of esters is 1. The van der Waals surface area contributed by atoms with E-state index in [0.717, 1.165) is 20.9 Å². The molecule has 0 amide bonds. The van der Waals surface area contributed by atoms with E-state index in [2.05, 4.69) is 4.99 Å². The first-order chi connectivity index (χ1) is 14.9. The van der Waals surface area contributed by atoms with Gasteiger partial charge in [-0.3, -0.25) is 9.36 Å². The van der Waals surface area contributed by atoms with Gasteiger partial charge in [0.2, 0.25) is 0 Å². The lowest BCUT2D eigenvalue weighted by Gasteiger charge is -2.24. The van der Waals surface area contributed by atoms with Crippen LogP contribution in [0.5, 0.6) is 0 Å². The number of benzene rings is 1.